The lowest BCUT2D eigenvalue weighted by molar-refractivity contribution is -0.385. The molecule has 0 radical (unpaired) electrons. The molecule has 2 rings (SSSR count). The third-order valence-electron chi connectivity index (χ3n) is 3.29. The zero-order valence-corrected chi connectivity index (χ0v) is 12.8. The molecule has 0 atom stereocenters. The van der Waals surface area contributed by atoms with Crippen LogP contribution in [0.3, 0.4) is 0 Å². The van der Waals surface area contributed by atoms with Gasteiger partial charge in [-0.15, -0.1) is 0 Å². The van der Waals surface area contributed by atoms with E-state index >= 15 is 0 Å². The van der Waals surface area contributed by atoms with Crippen molar-refractivity contribution in [3.8, 4) is 11.5 Å². The highest BCUT2D eigenvalue weighted by atomic mass is 19.1. The Morgan fingerprint density at radius 3 is 2.67 bits per heavy atom. The molecule has 0 heterocycles. The van der Waals surface area contributed by atoms with Crippen molar-refractivity contribution in [3.05, 3.63) is 64.0 Å². The van der Waals surface area contributed by atoms with Crippen molar-refractivity contribution >= 4 is 11.6 Å². The predicted molar refractivity (Wildman–Crippen MR) is 83.6 cm³/mol. The maximum absolute atomic E-state index is 13.4. The molecule has 0 aliphatic carbocycles. The lowest BCUT2D eigenvalue weighted by Crippen LogP contribution is -2.30. The molecule has 1 N–H and O–H groups in total. The number of benzene rings is 2. The Bertz CT molecular complexity index is 766. The van der Waals surface area contributed by atoms with Crippen molar-refractivity contribution in [2.24, 2.45) is 0 Å². The Morgan fingerprint density at radius 1 is 1.33 bits per heavy atom. The number of nitro benzene ring substituents is 1. The summed E-state index contributed by atoms with van der Waals surface area (Å²) in [5.74, 6) is -1.43. The molecule has 2 aromatic carbocycles. The van der Waals surface area contributed by atoms with Gasteiger partial charge in [-0.25, -0.2) is 4.39 Å². The van der Waals surface area contributed by atoms with E-state index in [2.05, 4.69) is 0 Å². The molecule has 0 saturated heterocycles. The maximum Gasteiger partial charge on any atom is 0.310 e. The molecule has 0 spiro atoms. The summed E-state index contributed by atoms with van der Waals surface area (Å²) in [7, 11) is 1.51. The summed E-state index contributed by atoms with van der Waals surface area (Å²) in [4.78, 5) is 23.4. The molecule has 1 amide bonds. The molecule has 7 nitrogen and oxygen atoms in total. The summed E-state index contributed by atoms with van der Waals surface area (Å²) >= 11 is 0. The Hall–Kier alpha value is -3.16. The molecule has 0 aliphatic rings. The summed E-state index contributed by atoms with van der Waals surface area (Å²) in [6, 6.07) is 9.27. The van der Waals surface area contributed by atoms with Gasteiger partial charge in [0.25, 0.3) is 5.91 Å². The average molecular weight is 334 g/mol. The Balaban J connectivity index is 1.96. The van der Waals surface area contributed by atoms with Gasteiger partial charge in [-0.2, -0.15) is 0 Å². The zero-order valence-electron chi connectivity index (χ0n) is 12.8. The van der Waals surface area contributed by atoms with Gasteiger partial charge >= 0.3 is 5.69 Å². The first-order valence-electron chi connectivity index (χ1n) is 7.00. The van der Waals surface area contributed by atoms with E-state index in [0.29, 0.717) is 0 Å². The van der Waals surface area contributed by atoms with Crippen LogP contribution in [-0.2, 0) is 0 Å². The number of nitrogens with zero attached hydrogens (tertiary/aromatic N) is 2. The number of aromatic hydroxyl groups is 1. The van der Waals surface area contributed by atoms with Gasteiger partial charge in [-0.1, -0.05) is 12.1 Å². The number of rotatable bonds is 6. The summed E-state index contributed by atoms with van der Waals surface area (Å²) < 4.78 is 18.7. The van der Waals surface area contributed by atoms with Gasteiger partial charge in [-0.3, -0.25) is 14.9 Å². The summed E-state index contributed by atoms with van der Waals surface area (Å²) in [5.41, 5.74) is -0.372. The van der Waals surface area contributed by atoms with Crippen LogP contribution in [0.25, 0.3) is 0 Å². The molecule has 2 aromatic rings. The minimum Gasteiger partial charge on any atom is -0.502 e. The predicted octanol–water partition coefficient (Wildman–Crippen LogP) is 2.59. The standard InChI is InChI=1S/C16H15FN2O5/c1-18(8-9-24-15-5-3-2-4-12(15)17)16(21)11-6-7-13(19(22)23)14(20)10-11/h2-7,10,20H,8-9H2,1H3. The van der Waals surface area contributed by atoms with Crippen LogP contribution in [0.4, 0.5) is 10.1 Å². The van der Waals surface area contributed by atoms with Crippen LogP contribution in [0.2, 0.25) is 0 Å². The van der Waals surface area contributed by atoms with Crippen LogP contribution in [0.5, 0.6) is 11.5 Å². The van der Waals surface area contributed by atoms with E-state index in [-0.39, 0.29) is 24.5 Å². The number of ether oxygens (including phenoxy) is 1. The fraction of sp³-hybridized carbons (Fsp3) is 0.188. The third-order valence-corrected chi connectivity index (χ3v) is 3.29. The van der Waals surface area contributed by atoms with Crippen molar-refractivity contribution in [3.63, 3.8) is 0 Å². The van der Waals surface area contributed by atoms with E-state index in [1.54, 1.807) is 12.1 Å². The molecule has 24 heavy (non-hydrogen) atoms. The van der Waals surface area contributed by atoms with Gasteiger partial charge in [0.2, 0.25) is 0 Å². The molecule has 8 heteroatoms. The van der Waals surface area contributed by atoms with Gasteiger partial charge < -0.3 is 14.7 Å². The molecule has 0 fully saturated rings. The normalized spacial score (nSPS) is 10.2. The Labute approximate surface area is 137 Å². The minimum atomic E-state index is -0.741. The first-order chi connectivity index (χ1) is 11.4. The molecule has 0 saturated carbocycles. The fourth-order valence-electron chi connectivity index (χ4n) is 1.99. The lowest BCUT2D eigenvalue weighted by atomic mass is 10.1. The van der Waals surface area contributed by atoms with Gasteiger partial charge in [-0.05, 0) is 24.3 Å². The highest BCUT2D eigenvalue weighted by Gasteiger charge is 2.18. The second-order valence-corrected chi connectivity index (χ2v) is 4.97. The molecular weight excluding hydrogens is 319 g/mol. The minimum absolute atomic E-state index is 0.0716. The van der Waals surface area contributed by atoms with Crippen LogP contribution in [0.1, 0.15) is 10.4 Å². The van der Waals surface area contributed by atoms with Gasteiger partial charge in [0.15, 0.2) is 17.3 Å². The van der Waals surface area contributed by atoms with Crippen molar-refractivity contribution in [1.82, 2.24) is 4.90 Å². The topological polar surface area (TPSA) is 92.9 Å². The van der Waals surface area contributed by atoms with Crippen molar-refractivity contribution in [1.29, 1.82) is 0 Å². The van der Waals surface area contributed by atoms with E-state index in [1.807, 2.05) is 0 Å². The van der Waals surface area contributed by atoms with E-state index in [4.69, 9.17) is 4.74 Å². The van der Waals surface area contributed by atoms with Crippen LogP contribution in [0, 0.1) is 15.9 Å². The highest BCUT2D eigenvalue weighted by Crippen LogP contribution is 2.26. The van der Waals surface area contributed by atoms with Crippen molar-refractivity contribution < 1.29 is 24.0 Å². The second-order valence-electron chi connectivity index (χ2n) is 4.97. The number of amides is 1. The van der Waals surface area contributed by atoms with E-state index < -0.39 is 28.1 Å². The number of phenols is 1. The number of hydrogen-bond donors (Lipinski definition) is 1. The smallest absolute Gasteiger partial charge is 0.310 e. The summed E-state index contributed by atoms with van der Waals surface area (Å²) in [6.45, 7) is 0.243. The van der Waals surface area contributed by atoms with Crippen molar-refractivity contribution in [2.45, 2.75) is 0 Å². The summed E-state index contributed by atoms with van der Waals surface area (Å²) in [5, 5.41) is 20.2. The molecule has 0 unspecified atom stereocenters. The number of carbonyl (C=O) groups excluding carboxylic acids is 1. The number of carbonyl (C=O) groups is 1. The third kappa shape index (κ3) is 3.97. The van der Waals surface area contributed by atoms with E-state index in [0.717, 1.165) is 12.1 Å². The number of hydrogen-bond acceptors (Lipinski definition) is 5. The maximum atomic E-state index is 13.4. The first kappa shape index (κ1) is 17.2. The molecule has 0 bridgehead atoms. The van der Waals surface area contributed by atoms with Gasteiger partial charge in [0, 0.05) is 18.7 Å². The largest absolute Gasteiger partial charge is 0.502 e. The fourth-order valence-corrected chi connectivity index (χ4v) is 1.99. The second kappa shape index (κ2) is 7.40. The van der Waals surface area contributed by atoms with Crippen LogP contribution in [-0.4, -0.2) is 41.0 Å². The van der Waals surface area contributed by atoms with Crippen molar-refractivity contribution in [2.75, 3.05) is 20.2 Å². The SMILES string of the molecule is CN(CCOc1ccccc1F)C(=O)c1ccc([N+](=O)[O-])c(O)c1. The van der Waals surface area contributed by atoms with E-state index in [9.17, 15) is 24.4 Å². The van der Waals surface area contributed by atoms with E-state index in [1.165, 1.54) is 30.1 Å². The molecule has 126 valence electrons. The average Bonchev–Trinajstić information content (AvgIpc) is 2.55. The highest BCUT2D eigenvalue weighted by molar-refractivity contribution is 5.94. The number of nitro groups is 1. The number of likely N-dealkylation sites (N-methyl/N-ethyl adjacent to an activating group) is 1. The number of para-hydroxylation sites is 1. The first-order valence-corrected chi connectivity index (χ1v) is 7.00. The Morgan fingerprint density at radius 2 is 2.04 bits per heavy atom. The van der Waals surface area contributed by atoms with Crippen LogP contribution >= 0.6 is 0 Å². The van der Waals surface area contributed by atoms with Crippen LogP contribution in [0.15, 0.2) is 42.5 Å². The lowest BCUT2D eigenvalue weighted by Gasteiger charge is -2.17. The van der Waals surface area contributed by atoms with Gasteiger partial charge in [0.1, 0.15) is 6.61 Å². The molecule has 0 aromatic heterocycles. The quantitative estimate of drug-likeness (QED) is 0.647. The monoisotopic (exact) mass is 334 g/mol. The van der Waals surface area contributed by atoms with Gasteiger partial charge in [0.05, 0.1) is 11.5 Å². The van der Waals surface area contributed by atoms with Crippen LogP contribution < -0.4 is 4.74 Å². The zero-order chi connectivity index (χ0) is 17.7. The number of phenolic OH excluding ortho intramolecular Hbond substituents is 1. The summed E-state index contributed by atoms with van der Waals surface area (Å²) in [6.07, 6.45) is 0. The molecule has 0 aliphatic heterocycles. The number of halogens is 1. The Kier molecular flexibility index (Phi) is 5.31. The molecular formula is C16H15FN2O5.